The smallest absolute Gasteiger partial charge is 0.355 e. The Morgan fingerprint density at radius 3 is 2.38 bits per heavy atom. The Kier molecular flexibility index (Phi) is 1.05. The van der Waals surface area contributed by atoms with Crippen LogP contribution >= 0.6 is 11.3 Å². The molecule has 0 aliphatic carbocycles. The molecule has 0 bridgehead atoms. The van der Waals surface area contributed by atoms with Crippen LogP contribution in [0, 0.1) is 0 Å². The standard InChI is InChI=1S/C3H6N4S/c1-7-3(5)8-2(4)6-7/h5H,1H3,(H2,4,6)/p+1. The van der Waals surface area contributed by atoms with E-state index in [-0.39, 0.29) is 0 Å². The Morgan fingerprint density at radius 1 is 1.62 bits per heavy atom. The minimum Gasteiger partial charge on any atom is -0.372 e. The predicted molar refractivity (Wildman–Crippen MR) is 32.1 cm³/mol. The maximum Gasteiger partial charge on any atom is 0.355 e. The second-order valence-electron chi connectivity index (χ2n) is 1.40. The van der Waals surface area contributed by atoms with Crippen molar-refractivity contribution in [3.8, 4) is 0 Å². The maximum atomic E-state index is 5.38. The van der Waals surface area contributed by atoms with E-state index in [0.717, 1.165) is 0 Å². The van der Waals surface area contributed by atoms with Crippen molar-refractivity contribution in [3.05, 3.63) is 0 Å². The molecule has 0 aliphatic rings. The summed E-state index contributed by atoms with van der Waals surface area (Å²) in [5, 5.41) is 4.93. The van der Waals surface area contributed by atoms with E-state index in [1.807, 2.05) is 0 Å². The second kappa shape index (κ2) is 1.59. The quantitative estimate of drug-likeness (QED) is 0.450. The molecule has 1 aromatic heterocycles. The molecule has 0 atom stereocenters. The van der Waals surface area contributed by atoms with Crippen LogP contribution in [0.4, 0.5) is 10.3 Å². The fraction of sp³-hybridized carbons (Fsp3) is 0.333. The van der Waals surface area contributed by atoms with Gasteiger partial charge in [0.25, 0.3) is 0 Å². The number of hydrogen-bond acceptors (Lipinski definition) is 4. The number of anilines is 2. The van der Waals surface area contributed by atoms with Crippen molar-refractivity contribution >= 4 is 21.6 Å². The lowest BCUT2D eigenvalue weighted by atomic mass is 11.1. The summed E-state index contributed by atoms with van der Waals surface area (Å²) in [4.78, 5) is 0. The van der Waals surface area contributed by atoms with Crippen molar-refractivity contribution in [1.29, 1.82) is 0 Å². The van der Waals surface area contributed by atoms with Gasteiger partial charge in [-0.3, -0.25) is 5.73 Å². The summed E-state index contributed by atoms with van der Waals surface area (Å²) in [7, 11) is 1.75. The lowest BCUT2D eigenvalue weighted by Gasteiger charge is -1.74. The average Bonchev–Trinajstić information content (AvgIpc) is 1.85. The molecule has 0 amide bonds. The minimum atomic E-state index is 0.505. The Bertz CT molecular complexity index is 174. The summed E-state index contributed by atoms with van der Waals surface area (Å²) < 4.78 is 1.54. The molecule has 0 aliphatic heterocycles. The van der Waals surface area contributed by atoms with Crippen LogP contribution in [0.5, 0.6) is 0 Å². The number of nitrogen functional groups attached to an aromatic ring is 2. The molecule has 0 fully saturated rings. The van der Waals surface area contributed by atoms with Gasteiger partial charge in [-0.1, -0.05) is 5.10 Å². The van der Waals surface area contributed by atoms with E-state index in [1.165, 1.54) is 11.3 Å². The van der Waals surface area contributed by atoms with Crippen LogP contribution in [-0.2, 0) is 7.05 Å². The van der Waals surface area contributed by atoms with Gasteiger partial charge < -0.3 is 5.73 Å². The zero-order chi connectivity index (χ0) is 6.15. The first kappa shape index (κ1) is 5.30. The molecule has 0 radical (unpaired) electrons. The van der Waals surface area contributed by atoms with Crippen LogP contribution < -0.4 is 16.1 Å². The first-order valence-corrected chi connectivity index (χ1v) is 2.90. The molecule has 44 valence electrons. The molecule has 0 saturated heterocycles. The van der Waals surface area contributed by atoms with E-state index < -0.39 is 0 Å². The van der Waals surface area contributed by atoms with Crippen molar-refractivity contribution in [3.63, 3.8) is 0 Å². The topological polar surface area (TPSA) is 68.8 Å². The largest absolute Gasteiger partial charge is 0.372 e. The van der Waals surface area contributed by atoms with E-state index in [1.54, 1.807) is 11.7 Å². The molecule has 4 N–H and O–H groups in total. The summed E-state index contributed by atoms with van der Waals surface area (Å²) in [6.07, 6.45) is 0. The third kappa shape index (κ3) is 0.717. The number of nitrogens with zero attached hydrogens (tertiary/aromatic N) is 2. The Morgan fingerprint density at radius 2 is 2.25 bits per heavy atom. The summed E-state index contributed by atoms with van der Waals surface area (Å²) in [6.45, 7) is 0. The predicted octanol–water partition coefficient (Wildman–Crippen LogP) is -0.868. The van der Waals surface area contributed by atoms with E-state index in [2.05, 4.69) is 5.10 Å². The zero-order valence-electron chi connectivity index (χ0n) is 4.46. The summed E-state index contributed by atoms with van der Waals surface area (Å²) in [6, 6.07) is 0. The van der Waals surface area contributed by atoms with Crippen LogP contribution in [0.1, 0.15) is 0 Å². The van der Waals surface area contributed by atoms with Crippen molar-refractivity contribution in [2.75, 3.05) is 11.5 Å². The van der Waals surface area contributed by atoms with Crippen LogP contribution in [0.25, 0.3) is 0 Å². The van der Waals surface area contributed by atoms with Crippen molar-refractivity contribution in [2.24, 2.45) is 7.05 Å². The first-order chi connectivity index (χ1) is 3.70. The van der Waals surface area contributed by atoms with Crippen molar-refractivity contribution in [2.45, 2.75) is 0 Å². The first-order valence-electron chi connectivity index (χ1n) is 2.08. The molecule has 5 heteroatoms. The second-order valence-corrected chi connectivity index (χ2v) is 2.44. The molecule has 0 aromatic carbocycles. The number of nitrogens with two attached hydrogens (primary N) is 2. The Balaban J connectivity index is 3.14. The molecule has 4 nitrogen and oxygen atoms in total. The highest BCUT2D eigenvalue weighted by molar-refractivity contribution is 7.18. The minimum absolute atomic E-state index is 0.505. The molecular formula is C3H7N4S+. The SMILES string of the molecule is C[n+]1nc(N)sc1N. The Labute approximate surface area is 50.7 Å². The molecule has 1 heterocycles. The van der Waals surface area contributed by atoms with E-state index in [0.29, 0.717) is 10.3 Å². The van der Waals surface area contributed by atoms with Gasteiger partial charge in [0.2, 0.25) is 5.13 Å². The van der Waals surface area contributed by atoms with Crippen molar-refractivity contribution in [1.82, 2.24) is 5.10 Å². The highest BCUT2D eigenvalue weighted by Gasteiger charge is 2.04. The lowest BCUT2D eigenvalue weighted by molar-refractivity contribution is -0.711. The van der Waals surface area contributed by atoms with Gasteiger partial charge >= 0.3 is 5.13 Å². The van der Waals surface area contributed by atoms with Gasteiger partial charge in [-0.05, 0) is 11.3 Å². The monoisotopic (exact) mass is 131 g/mol. The van der Waals surface area contributed by atoms with Gasteiger partial charge in [-0.25, -0.2) is 0 Å². The molecule has 0 saturated carbocycles. The fourth-order valence-corrected chi connectivity index (χ4v) is 0.941. The van der Waals surface area contributed by atoms with E-state index in [9.17, 15) is 0 Å². The summed E-state index contributed by atoms with van der Waals surface area (Å²) in [5.74, 6) is 0. The van der Waals surface area contributed by atoms with Gasteiger partial charge in [0, 0.05) is 0 Å². The van der Waals surface area contributed by atoms with Gasteiger partial charge in [-0.15, -0.1) is 4.68 Å². The van der Waals surface area contributed by atoms with Crippen LogP contribution in [0.3, 0.4) is 0 Å². The summed E-state index contributed by atoms with van der Waals surface area (Å²) in [5.41, 5.74) is 10.7. The van der Waals surface area contributed by atoms with Gasteiger partial charge in [0.15, 0.2) is 0 Å². The average molecular weight is 131 g/mol. The summed E-state index contributed by atoms with van der Waals surface area (Å²) >= 11 is 1.28. The van der Waals surface area contributed by atoms with Crippen LogP contribution in [0.15, 0.2) is 0 Å². The molecule has 8 heavy (non-hydrogen) atoms. The molecule has 0 unspecified atom stereocenters. The van der Waals surface area contributed by atoms with Crippen LogP contribution in [-0.4, -0.2) is 5.10 Å². The number of aromatic nitrogens is 2. The Hall–Kier alpha value is -0.840. The number of rotatable bonds is 0. The number of hydrogen-bond donors (Lipinski definition) is 2. The third-order valence-corrected chi connectivity index (χ3v) is 1.54. The fourth-order valence-electron chi connectivity index (χ4n) is 0.391. The molecule has 0 spiro atoms. The van der Waals surface area contributed by atoms with E-state index in [4.69, 9.17) is 11.5 Å². The van der Waals surface area contributed by atoms with Gasteiger partial charge in [0.1, 0.15) is 7.05 Å². The molecule has 1 aromatic rings. The molecular weight excluding hydrogens is 124 g/mol. The maximum absolute atomic E-state index is 5.38. The number of aryl methyl sites for hydroxylation is 1. The molecule has 1 rings (SSSR count). The van der Waals surface area contributed by atoms with E-state index >= 15 is 0 Å². The van der Waals surface area contributed by atoms with Gasteiger partial charge in [0.05, 0.1) is 0 Å². The normalized spacial score (nSPS) is 9.62. The lowest BCUT2D eigenvalue weighted by Crippen LogP contribution is -2.32. The van der Waals surface area contributed by atoms with Crippen LogP contribution in [0.2, 0.25) is 0 Å². The highest BCUT2D eigenvalue weighted by atomic mass is 32.1. The van der Waals surface area contributed by atoms with Crippen molar-refractivity contribution < 1.29 is 4.68 Å². The zero-order valence-corrected chi connectivity index (χ0v) is 5.27. The highest BCUT2D eigenvalue weighted by Crippen LogP contribution is 2.08. The van der Waals surface area contributed by atoms with Gasteiger partial charge in [-0.2, -0.15) is 0 Å². The third-order valence-electron chi connectivity index (χ3n) is 0.777.